The second-order valence-electron chi connectivity index (χ2n) is 7.85. The Hall–Kier alpha value is -3.07. The van der Waals surface area contributed by atoms with Crippen molar-refractivity contribution in [2.24, 2.45) is 0 Å². The Kier molecular flexibility index (Phi) is 8.71. The second kappa shape index (κ2) is 11.7. The van der Waals surface area contributed by atoms with E-state index < -0.39 is 18.0 Å². The molecule has 1 fully saturated rings. The number of aryl methyl sites for hydroxylation is 1. The number of nitrogens with zero attached hydrogens (tertiary/aromatic N) is 1. The molecule has 3 atom stereocenters. The summed E-state index contributed by atoms with van der Waals surface area (Å²) in [6.07, 6.45) is 2.05. The summed E-state index contributed by atoms with van der Waals surface area (Å²) in [5.41, 5.74) is 2.69. The number of hydrogen-bond acceptors (Lipinski definition) is 7. The van der Waals surface area contributed by atoms with Crippen molar-refractivity contribution in [1.82, 2.24) is 10.3 Å². The first kappa shape index (κ1) is 24.6. The van der Waals surface area contributed by atoms with Crippen LogP contribution in [0.15, 0.2) is 42.6 Å². The average Bonchev–Trinajstić information content (AvgIpc) is 3.12. The van der Waals surface area contributed by atoms with Gasteiger partial charge in [0.2, 0.25) is 0 Å². The van der Waals surface area contributed by atoms with E-state index in [9.17, 15) is 14.4 Å². The van der Waals surface area contributed by atoms with E-state index >= 15 is 0 Å². The van der Waals surface area contributed by atoms with Crippen molar-refractivity contribution in [3.63, 3.8) is 0 Å². The van der Waals surface area contributed by atoms with Gasteiger partial charge in [0.15, 0.2) is 6.10 Å². The molecule has 1 aliphatic heterocycles. The van der Waals surface area contributed by atoms with Crippen LogP contribution in [0.5, 0.6) is 5.75 Å². The van der Waals surface area contributed by atoms with E-state index in [1.165, 1.54) is 11.8 Å². The van der Waals surface area contributed by atoms with E-state index in [2.05, 4.69) is 10.3 Å². The maximum absolute atomic E-state index is 12.1. The van der Waals surface area contributed by atoms with Crippen molar-refractivity contribution in [1.29, 1.82) is 0 Å². The lowest BCUT2D eigenvalue weighted by Crippen LogP contribution is -2.28. The number of carbonyl (C=O) groups is 3. The number of benzene rings is 1. The Bertz CT molecular complexity index is 964. The largest absolute Gasteiger partial charge is 0.489 e. The van der Waals surface area contributed by atoms with Crippen molar-refractivity contribution in [2.75, 3.05) is 6.61 Å². The molecule has 1 aromatic heterocycles. The molecule has 0 spiro atoms. The van der Waals surface area contributed by atoms with Gasteiger partial charge in [-0.3, -0.25) is 19.4 Å². The first-order chi connectivity index (χ1) is 15.8. The molecule has 1 aromatic carbocycles. The topological polar surface area (TPSA) is 115 Å². The number of carboxylic acid groups (broad SMARTS) is 1. The zero-order valence-corrected chi connectivity index (χ0v) is 19.5. The smallest absolute Gasteiger partial charge is 0.307 e. The van der Waals surface area contributed by atoms with Gasteiger partial charge in [-0.1, -0.05) is 36.9 Å². The van der Waals surface area contributed by atoms with Gasteiger partial charge in [0.1, 0.15) is 12.4 Å². The Morgan fingerprint density at radius 1 is 1.15 bits per heavy atom. The number of aromatic nitrogens is 1. The zero-order chi connectivity index (χ0) is 23.8. The lowest BCUT2D eigenvalue weighted by molar-refractivity contribution is -0.153. The van der Waals surface area contributed by atoms with Crippen LogP contribution in [0, 0.1) is 0 Å². The van der Waals surface area contributed by atoms with Crippen LogP contribution in [-0.4, -0.2) is 45.2 Å². The summed E-state index contributed by atoms with van der Waals surface area (Å²) in [6, 6.07) is 11.4. The molecule has 2 unspecified atom stereocenters. The highest BCUT2D eigenvalue weighted by atomic mass is 32.2. The Balaban J connectivity index is 1.62. The van der Waals surface area contributed by atoms with Crippen LogP contribution in [0.3, 0.4) is 0 Å². The van der Waals surface area contributed by atoms with Gasteiger partial charge in [-0.05, 0) is 49.1 Å². The van der Waals surface area contributed by atoms with Gasteiger partial charge in [-0.2, -0.15) is 0 Å². The van der Waals surface area contributed by atoms with Crippen LogP contribution in [0.25, 0.3) is 0 Å². The third kappa shape index (κ3) is 7.49. The number of carbonyl (C=O) groups excluding carboxylic acids is 2. The molecule has 2 N–H and O–H groups in total. The summed E-state index contributed by atoms with van der Waals surface area (Å²) in [5, 5.41) is 11.9. The molecule has 2 aromatic rings. The first-order valence-corrected chi connectivity index (χ1v) is 11.8. The molecule has 2 heterocycles. The third-order valence-electron chi connectivity index (χ3n) is 5.33. The highest BCUT2D eigenvalue weighted by molar-refractivity contribution is 8.14. The summed E-state index contributed by atoms with van der Waals surface area (Å²) >= 11 is 1.32. The molecule has 0 aliphatic carbocycles. The van der Waals surface area contributed by atoms with E-state index in [0.29, 0.717) is 11.4 Å². The molecule has 1 amide bonds. The molecule has 0 bridgehead atoms. The molecular formula is C24H28N2O6S. The third-order valence-corrected chi connectivity index (χ3v) is 6.54. The molecule has 0 radical (unpaired) electrons. The number of ether oxygens (including phenoxy) is 2. The predicted molar refractivity (Wildman–Crippen MR) is 124 cm³/mol. The van der Waals surface area contributed by atoms with E-state index in [-0.39, 0.29) is 36.0 Å². The monoisotopic (exact) mass is 472 g/mol. The number of thioether (sulfide) groups is 1. The standard InChI is InChI=1S/C24H28N2O6S/c1-3-16-6-9-19(25-13-16)20(32-23(29)11-10-22(27)28)14-31-18-7-4-17(5-8-18)12-21-15(2)26-24(30)33-21/h4-9,13,15,20-21H,3,10-12,14H2,1-2H3,(H,26,30)(H,27,28)/t15?,20-,21?/m0/s1. The summed E-state index contributed by atoms with van der Waals surface area (Å²) in [6.45, 7) is 4.07. The highest BCUT2D eigenvalue weighted by Gasteiger charge is 2.29. The lowest BCUT2D eigenvalue weighted by atomic mass is 10.1. The van der Waals surface area contributed by atoms with E-state index in [4.69, 9.17) is 14.6 Å². The van der Waals surface area contributed by atoms with Crippen molar-refractivity contribution < 1.29 is 29.0 Å². The van der Waals surface area contributed by atoms with Crippen molar-refractivity contribution >= 4 is 28.9 Å². The van der Waals surface area contributed by atoms with Crippen LogP contribution in [-0.2, 0) is 27.2 Å². The zero-order valence-electron chi connectivity index (χ0n) is 18.7. The minimum atomic E-state index is -1.06. The summed E-state index contributed by atoms with van der Waals surface area (Å²) in [7, 11) is 0. The Labute approximate surface area is 197 Å². The molecule has 3 rings (SSSR count). The number of pyridine rings is 1. The van der Waals surface area contributed by atoms with Crippen molar-refractivity contribution in [2.45, 2.75) is 56.9 Å². The van der Waals surface area contributed by atoms with Gasteiger partial charge >= 0.3 is 11.9 Å². The summed E-state index contributed by atoms with van der Waals surface area (Å²) in [4.78, 5) is 38.8. The molecule has 1 aliphatic rings. The van der Waals surface area contributed by atoms with E-state index in [1.54, 1.807) is 12.3 Å². The van der Waals surface area contributed by atoms with Gasteiger partial charge in [-0.25, -0.2) is 0 Å². The molecule has 0 saturated carbocycles. The minimum Gasteiger partial charge on any atom is -0.489 e. The predicted octanol–water partition coefficient (Wildman–Crippen LogP) is 3.93. The van der Waals surface area contributed by atoms with Crippen LogP contribution >= 0.6 is 11.8 Å². The molecule has 8 nitrogen and oxygen atoms in total. The highest BCUT2D eigenvalue weighted by Crippen LogP contribution is 2.27. The SMILES string of the molecule is CCc1ccc([C@H](COc2ccc(CC3SC(=O)NC3C)cc2)OC(=O)CCC(=O)O)nc1. The fourth-order valence-corrected chi connectivity index (χ4v) is 4.42. The summed E-state index contributed by atoms with van der Waals surface area (Å²) in [5.74, 6) is -1.07. The van der Waals surface area contributed by atoms with Gasteiger partial charge in [-0.15, -0.1) is 0 Å². The summed E-state index contributed by atoms with van der Waals surface area (Å²) < 4.78 is 11.3. The van der Waals surface area contributed by atoms with Crippen molar-refractivity contribution in [3.8, 4) is 5.75 Å². The lowest BCUT2D eigenvalue weighted by Gasteiger charge is -2.19. The molecule has 176 valence electrons. The quantitative estimate of drug-likeness (QED) is 0.473. The number of aliphatic carboxylic acids is 1. The molecule has 1 saturated heterocycles. The van der Waals surface area contributed by atoms with Gasteiger partial charge in [0.25, 0.3) is 5.24 Å². The Morgan fingerprint density at radius 3 is 2.45 bits per heavy atom. The number of esters is 1. The van der Waals surface area contributed by atoms with Gasteiger partial charge < -0.3 is 19.9 Å². The maximum Gasteiger partial charge on any atom is 0.307 e. The second-order valence-corrected chi connectivity index (χ2v) is 9.06. The van der Waals surface area contributed by atoms with Crippen LogP contribution in [0.1, 0.15) is 49.6 Å². The maximum atomic E-state index is 12.1. The normalized spacial score (nSPS) is 18.4. The number of amides is 1. The molecule has 33 heavy (non-hydrogen) atoms. The van der Waals surface area contributed by atoms with Crippen LogP contribution < -0.4 is 10.1 Å². The number of rotatable bonds is 11. The Morgan fingerprint density at radius 2 is 1.88 bits per heavy atom. The molecular weight excluding hydrogens is 444 g/mol. The fraction of sp³-hybridized carbons (Fsp3) is 0.417. The average molecular weight is 473 g/mol. The van der Waals surface area contributed by atoms with Crippen LogP contribution in [0.2, 0.25) is 0 Å². The van der Waals surface area contributed by atoms with Gasteiger partial charge in [0.05, 0.1) is 18.5 Å². The number of carboxylic acids is 1. The fourth-order valence-electron chi connectivity index (χ4n) is 3.34. The van der Waals surface area contributed by atoms with Crippen LogP contribution in [0.4, 0.5) is 4.79 Å². The van der Waals surface area contributed by atoms with E-state index in [0.717, 1.165) is 24.0 Å². The first-order valence-electron chi connectivity index (χ1n) is 10.9. The number of nitrogens with one attached hydrogen (secondary N) is 1. The van der Waals surface area contributed by atoms with Gasteiger partial charge in [0, 0.05) is 17.5 Å². The molecule has 9 heteroatoms. The van der Waals surface area contributed by atoms with Crippen molar-refractivity contribution in [3.05, 3.63) is 59.4 Å². The minimum absolute atomic E-state index is 0.0111. The van der Waals surface area contributed by atoms with E-state index in [1.807, 2.05) is 44.2 Å². The number of hydrogen-bond donors (Lipinski definition) is 2.